The number of rotatable bonds is 6. The number of aliphatic hydroxyl groups excluding tert-OH is 1. The standard InChI is InChI=1S/C14H20BrClO2/c1-4-14(3,18-5-2)13(17)8-10-6-7-11(15)9-12(10)16/h6-7,9,13,17H,4-5,8H2,1-3H3. The lowest BCUT2D eigenvalue weighted by molar-refractivity contribution is -0.110. The van der Waals surface area contributed by atoms with Gasteiger partial charge in [-0.1, -0.05) is 40.5 Å². The van der Waals surface area contributed by atoms with Crippen LogP contribution in [0.15, 0.2) is 22.7 Å². The van der Waals surface area contributed by atoms with Crippen molar-refractivity contribution in [1.29, 1.82) is 0 Å². The maximum Gasteiger partial charge on any atom is 0.0912 e. The van der Waals surface area contributed by atoms with Gasteiger partial charge in [0.15, 0.2) is 0 Å². The maximum absolute atomic E-state index is 10.4. The van der Waals surface area contributed by atoms with Gasteiger partial charge in [0.25, 0.3) is 0 Å². The first-order chi connectivity index (χ1) is 8.42. The van der Waals surface area contributed by atoms with E-state index in [1.165, 1.54) is 0 Å². The van der Waals surface area contributed by atoms with E-state index in [2.05, 4.69) is 15.9 Å². The molecule has 1 rings (SSSR count). The van der Waals surface area contributed by atoms with Crippen LogP contribution >= 0.6 is 27.5 Å². The van der Waals surface area contributed by atoms with Crippen LogP contribution in [-0.2, 0) is 11.2 Å². The Bertz CT molecular complexity index is 397. The second-order valence-corrected chi connectivity index (χ2v) is 5.88. The fourth-order valence-corrected chi connectivity index (χ4v) is 2.63. The lowest BCUT2D eigenvalue weighted by Crippen LogP contribution is -2.43. The summed E-state index contributed by atoms with van der Waals surface area (Å²) in [7, 11) is 0. The van der Waals surface area contributed by atoms with Gasteiger partial charge in [0.2, 0.25) is 0 Å². The van der Waals surface area contributed by atoms with Gasteiger partial charge < -0.3 is 9.84 Å². The van der Waals surface area contributed by atoms with Crippen molar-refractivity contribution in [2.45, 2.75) is 45.3 Å². The second-order valence-electron chi connectivity index (χ2n) is 4.55. The summed E-state index contributed by atoms with van der Waals surface area (Å²) in [5.74, 6) is 0. The summed E-state index contributed by atoms with van der Waals surface area (Å²) < 4.78 is 6.61. The first-order valence-corrected chi connectivity index (χ1v) is 7.36. The molecular formula is C14H20BrClO2. The molecule has 1 aromatic carbocycles. The number of halogens is 2. The van der Waals surface area contributed by atoms with Crippen molar-refractivity contribution in [3.05, 3.63) is 33.3 Å². The van der Waals surface area contributed by atoms with Crippen molar-refractivity contribution >= 4 is 27.5 Å². The summed E-state index contributed by atoms with van der Waals surface area (Å²) in [5.41, 5.74) is 0.414. The first kappa shape index (κ1) is 16.0. The molecule has 0 fully saturated rings. The summed E-state index contributed by atoms with van der Waals surface area (Å²) >= 11 is 9.53. The van der Waals surface area contributed by atoms with Crippen LogP contribution in [0.1, 0.15) is 32.8 Å². The molecule has 0 radical (unpaired) electrons. The highest BCUT2D eigenvalue weighted by Gasteiger charge is 2.32. The van der Waals surface area contributed by atoms with Crippen molar-refractivity contribution in [2.75, 3.05) is 6.61 Å². The third kappa shape index (κ3) is 3.95. The van der Waals surface area contributed by atoms with Crippen LogP contribution in [0.2, 0.25) is 5.02 Å². The van der Waals surface area contributed by atoms with Crippen molar-refractivity contribution in [3.8, 4) is 0 Å². The van der Waals surface area contributed by atoms with Gasteiger partial charge in [-0.25, -0.2) is 0 Å². The summed E-state index contributed by atoms with van der Waals surface area (Å²) in [6, 6.07) is 5.70. The van der Waals surface area contributed by atoms with E-state index in [1.807, 2.05) is 39.0 Å². The molecule has 0 aliphatic rings. The van der Waals surface area contributed by atoms with E-state index < -0.39 is 11.7 Å². The van der Waals surface area contributed by atoms with Gasteiger partial charge in [-0.15, -0.1) is 0 Å². The highest BCUT2D eigenvalue weighted by Crippen LogP contribution is 2.27. The number of hydrogen-bond acceptors (Lipinski definition) is 2. The normalized spacial score (nSPS) is 16.3. The largest absolute Gasteiger partial charge is 0.390 e. The van der Waals surface area contributed by atoms with E-state index in [0.717, 1.165) is 16.5 Å². The Balaban J connectivity index is 2.82. The maximum atomic E-state index is 10.4. The fourth-order valence-electron chi connectivity index (χ4n) is 1.88. The predicted molar refractivity (Wildman–Crippen MR) is 79.2 cm³/mol. The van der Waals surface area contributed by atoms with Crippen LogP contribution in [0.5, 0.6) is 0 Å². The van der Waals surface area contributed by atoms with Gasteiger partial charge in [-0.05, 0) is 38.0 Å². The van der Waals surface area contributed by atoms with Gasteiger partial charge >= 0.3 is 0 Å². The minimum atomic E-state index is -0.568. The van der Waals surface area contributed by atoms with Gasteiger partial charge in [0.1, 0.15) is 0 Å². The molecule has 0 saturated heterocycles. The molecule has 4 heteroatoms. The molecule has 0 aliphatic heterocycles. The van der Waals surface area contributed by atoms with Crippen molar-refractivity contribution in [3.63, 3.8) is 0 Å². The number of benzene rings is 1. The monoisotopic (exact) mass is 334 g/mol. The van der Waals surface area contributed by atoms with Gasteiger partial charge in [-0.3, -0.25) is 0 Å². The van der Waals surface area contributed by atoms with E-state index in [-0.39, 0.29) is 0 Å². The van der Waals surface area contributed by atoms with Crippen LogP contribution in [0, 0.1) is 0 Å². The summed E-state index contributed by atoms with van der Waals surface area (Å²) in [6.07, 6.45) is 0.688. The Morgan fingerprint density at radius 2 is 2.11 bits per heavy atom. The molecule has 0 spiro atoms. The molecule has 2 nitrogen and oxygen atoms in total. The molecule has 102 valence electrons. The lowest BCUT2D eigenvalue weighted by Gasteiger charge is -2.33. The van der Waals surface area contributed by atoms with Gasteiger partial charge in [-0.2, -0.15) is 0 Å². The highest BCUT2D eigenvalue weighted by molar-refractivity contribution is 9.10. The molecule has 1 N–H and O–H groups in total. The molecule has 0 saturated carbocycles. The van der Waals surface area contributed by atoms with E-state index in [4.69, 9.17) is 16.3 Å². The third-order valence-electron chi connectivity index (χ3n) is 3.31. The van der Waals surface area contributed by atoms with E-state index in [1.54, 1.807) is 0 Å². The Kier molecular flexibility index (Phi) is 6.12. The van der Waals surface area contributed by atoms with Crippen molar-refractivity contribution < 1.29 is 9.84 Å². The molecule has 0 bridgehead atoms. The number of aliphatic hydroxyl groups is 1. The van der Waals surface area contributed by atoms with Crippen LogP contribution in [0.4, 0.5) is 0 Å². The molecule has 0 amide bonds. The molecule has 2 unspecified atom stereocenters. The van der Waals surface area contributed by atoms with Crippen LogP contribution in [-0.4, -0.2) is 23.4 Å². The van der Waals surface area contributed by atoms with Crippen LogP contribution in [0.3, 0.4) is 0 Å². The van der Waals surface area contributed by atoms with Crippen LogP contribution < -0.4 is 0 Å². The van der Waals surface area contributed by atoms with Gasteiger partial charge in [0.05, 0.1) is 11.7 Å². The predicted octanol–water partition coefficient (Wildman–Crippen LogP) is 4.21. The highest BCUT2D eigenvalue weighted by atomic mass is 79.9. The SMILES string of the molecule is CCOC(C)(CC)C(O)Cc1ccc(Br)cc1Cl. The van der Waals surface area contributed by atoms with Crippen molar-refractivity contribution in [2.24, 2.45) is 0 Å². The second kappa shape index (κ2) is 6.90. The number of ether oxygens (including phenoxy) is 1. The Hall–Kier alpha value is -0.0900. The molecule has 0 heterocycles. The average Bonchev–Trinajstić information content (AvgIpc) is 2.32. The van der Waals surface area contributed by atoms with E-state index in [9.17, 15) is 5.11 Å². The van der Waals surface area contributed by atoms with E-state index >= 15 is 0 Å². The summed E-state index contributed by atoms with van der Waals surface area (Å²) in [4.78, 5) is 0. The zero-order chi connectivity index (χ0) is 13.8. The molecule has 2 atom stereocenters. The quantitative estimate of drug-likeness (QED) is 0.844. The zero-order valence-electron chi connectivity index (χ0n) is 11.0. The smallest absolute Gasteiger partial charge is 0.0912 e. The molecule has 0 aromatic heterocycles. The van der Waals surface area contributed by atoms with E-state index in [0.29, 0.717) is 18.1 Å². The number of hydrogen-bond donors (Lipinski definition) is 1. The summed E-state index contributed by atoms with van der Waals surface area (Å²) in [5, 5.41) is 11.0. The summed E-state index contributed by atoms with van der Waals surface area (Å²) in [6.45, 7) is 6.48. The average molecular weight is 336 g/mol. The Labute approximate surface area is 122 Å². The molecular weight excluding hydrogens is 316 g/mol. The van der Waals surface area contributed by atoms with Gasteiger partial charge in [0, 0.05) is 22.5 Å². The minimum absolute atomic E-state index is 0.496. The first-order valence-electron chi connectivity index (χ1n) is 6.19. The zero-order valence-corrected chi connectivity index (χ0v) is 13.4. The fraction of sp³-hybridized carbons (Fsp3) is 0.571. The lowest BCUT2D eigenvalue weighted by atomic mass is 9.90. The molecule has 18 heavy (non-hydrogen) atoms. The Morgan fingerprint density at radius 1 is 1.44 bits per heavy atom. The van der Waals surface area contributed by atoms with Crippen LogP contribution in [0.25, 0.3) is 0 Å². The third-order valence-corrected chi connectivity index (χ3v) is 4.15. The molecule has 0 aliphatic carbocycles. The topological polar surface area (TPSA) is 29.5 Å². The minimum Gasteiger partial charge on any atom is -0.390 e. The molecule has 1 aromatic rings. The Morgan fingerprint density at radius 3 is 2.61 bits per heavy atom. The van der Waals surface area contributed by atoms with Crippen molar-refractivity contribution in [1.82, 2.24) is 0 Å².